The third-order valence-corrected chi connectivity index (χ3v) is 7.91. The Kier molecular flexibility index (Phi) is 8.54. The van der Waals surface area contributed by atoms with E-state index in [1.807, 2.05) is 20.8 Å². The van der Waals surface area contributed by atoms with Gasteiger partial charge in [-0.3, -0.25) is 4.90 Å². The second kappa shape index (κ2) is 10.8. The normalized spacial score (nSPS) is 32.2. The van der Waals surface area contributed by atoms with Crippen LogP contribution in [0.1, 0.15) is 106 Å². The molecule has 1 saturated heterocycles. The Morgan fingerprint density at radius 3 is 2.28 bits per heavy atom. The van der Waals surface area contributed by atoms with Gasteiger partial charge in [0.05, 0.1) is 0 Å². The van der Waals surface area contributed by atoms with Crippen molar-refractivity contribution in [3.8, 4) is 0 Å². The molecular formula is C27H47NO4. The van der Waals surface area contributed by atoms with Crippen molar-refractivity contribution in [2.45, 2.75) is 123 Å². The zero-order valence-corrected chi connectivity index (χ0v) is 21.4. The monoisotopic (exact) mass is 449 g/mol. The summed E-state index contributed by atoms with van der Waals surface area (Å²) in [5.74, 6) is 2.34. The molecule has 1 amide bonds. The highest BCUT2D eigenvalue weighted by atomic mass is 16.6. The number of rotatable bonds is 5. The first-order valence-corrected chi connectivity index (χ1v) is 13.2. The molecule has 32 heavy (non-hydrogen) atoms. The Hall–Kier alpha value is -1.26. The number of esters is 1. The minimum absolute atomic E-state index is 0.0378. The summed E-state index contributed by atoms with van der Waals surface area (Å²) in [6.07, 6.45) is 11.2. The summed E-state index contributed by atoms with van der Waals surface area (Å²) in [6.45, 7) is 13.0. The quantitative estimate of drug-likeness (QED) is 0.444. The van der Waals surface area contributed by atoms with E-state index in [0.717, 1.165) is 25.2 Å². The summed E-state index contributed by atoms with van der Waals surface area (Å²) in [6, 6.07) is -0.511. The van der Waals surface area contributed by atoms with Crippen LogP contribution in [-0.2, 0) is 14.3 Å². The lowest BCUT2D eigenvalue weighted by atomic mass is 9.75. The Morgan fingerprint density at radius 2 is 1.66 bits per heavy atom. The zero-order valence-electron chi connectivity index (χ0n) is 21.4. The van der Waals surface area contributed by atoms with Gasteiger partial charge in [-0.25, -0.2) is 9.59 Å². The van der Waals surface area contributed by atoms with E-state index in [2.05, 4.69) is 20.8 Å². The molecule has 0 radical (unpaired) electrons. The van der Waals surface area contributed by atoms with Crippen molar-refractivity contribution in [2.75, 3.05) is 6.54 Å². The fourth-order valence-electron chi connectivity index (χ4n) is 6.21. The smallest absolute Gasteiger partial charge is 0.411 e. The Balaban J connectivity index is 1.70. The number of hydrogen-bond donors (Lipinski definition) is 0. The third-order valence-electron chi connectivity index (χ3n) is 7.91. The van der Waals surface area contributed by atoms with Crippen LogP contribution in [-0.4, -0.2) is 41.3 Å². The van der Waals surface area contributed by atoms with E-state index in [9.17, 15) is 9.59 Å². The lowest BCUT2D eigenvalue weighted by molar-refractivity contribution is -0.161. The van der Waals surface area contributed by atoms with Gasteiger partial charge in [0.1, 0.15) is 17.7 Å². The molecule has 5 heteroatoms. The largest absolute Gasteiger partial charge is 0.461 e. The maximum absolute atomic E-state index is 13.4. The molecule has 3 fully saturated rings. The summed E-state index contributed by atoms with van der Waals surface area (Å²) in [5.41, 5.74) is -0.575. The SMILES string of the molecule is CC1CCC(C(C)C)C(OC(=O)C2CC(CC3CCCCC3)CN2C(=O)OC(C)(C)C)C1. The van der Waals surface area contributed by atoms with E-state index in [0.29, 0.717) is 36.6 Å². The van der Waals surface area contributed by atoms with Crippen LogP contribution in [0, 0.1) is 29.6 Å². The molecule has 0 N–H and O–H groups in total. The summed E-state index contributed by atoms with van der Waals surface area (Å²) in [4.78, 5) is 28.1. The molecule has 184 valence electrons. The topological polar surface area (TPSA) is 55.8 Å². The van der Waals surface area contributed by atoms with Crippen LogP contribution >= 0.6 is 0 Å². The van der Waals surface area contributed by atoms with E-state index in [4.69, 9.17) is 9.47 Å². The molecule has 3 aliphatic rings. The van der Waals surface area contributed by atoms with Crippen molar-refractivity contribution in [1.29, 1.82) is 0 Å². The van der Waals surface area contributed by atoms with Gasteiger partial charge >= 0.3 is 12.1 Å². The van der Waals surface area contributed by atoms with E-state index in [-0.39, 0.29) is 18.2 Å². The summed E-state index contributed by atoms with van der Waals surface area (Å²) < 4.78 is 11.9. The van der Waals surface area contributed by atoms with Crippen LogP contribution in [0.15, 0.2) is 0 Å². The van der Waals surface area contributed by atoms with Gasteiger partial charge in [-0.05, 0) is 76.0 Å². The molecular weight excluding hydrogens is 402 g/mol. The van der Waals surface area contributed by atoms with Crippen LogP contribution < -0.4 is 0 Å². The van der Waals surface area contributed by atoms with Crippen molar-refractivity contribution < 1.29 is 19.1 Å². The molecule has 0 bridgehead atoms. The molecule has 5 nitrogen and oxygen atoms in total. The molecule has 0 aromatic rings. The van der Waals surface area contributed by atoms with Gasteiger partial charge < -0.3 is 9.47 Å². The fourth-order valence-corrected chi connectivity index (χ4v) is 6.21. The third kappa shape index (κ3) is 6.87. The van der Waals surface area contributed by atoms with Crippen LogP contribution in [0.2, 0.25) is 0 Å². The van der Waals surface area contributed by atoms with E-state index in [1.165, 1.54) is 38.5 Å². The number of amides is 1. The summed E-state index contributed by atoms with van der Waals surface area (Å²) >= 11 is 0. The van der Waals surface area contributed by atoms with Gasteiger partial charge in [0, 0.05) is 6.54 Å². The molecule has 3 rings (SSSR count). The first kappa shape index (κ1) is 25.4. The first-order chi connectivity index (χ1) is 15.0. The van der Waals surface area contributed by atoms with Crippen LogP contribution in [0.5, 0.6) is 0 Å². The number of likely N-dealkylation sites (tertiary alicyclic amines) is 1. The Labute approximate surface area is 196 Å². The molecule has 0 aromatic heterocycles. The number of nitrogens with zero attached hydrogens (tertiary/aromatic N) is 1. The molecule has 0 aromatic carbocycles. The minimum Gasteiger partial charge on any atom is -0.461 e. The number of carbonyl (C=O) groups is 2. The molecule has 1 aliphatic heterocycles. The van der Waals surface area contributed by atoms with Gasteiger partial charge in [-0.15, -0.1) is 0 Å². The maximum atomic E-state index is 13.4. The van der Waals surface area contributed by atoms with Gasteiger partial charge in [0.25, 0.3) is 0 Å². The maximum Gasteiger partial charge on any atom is 0.411 e. The number of ether oxygens (including phenoxy) is 2. The number of hydrogen-bond acceptors (Lipinski definition) is 4. The molecule has 2 aliphatic carbocycles. The zero-order chi connectivity index (χ0) is 23.5. The van der Waals surface area contributed by atoms with Crippen molar-refractivity contribution in [2.24, 2.45) is 29.6 Å². The van der Waals surface area contributed by atoms with E-state index in [1.54, 1.807) is 4.90 Å². The second-order valence-corrected chi connectivity index (χ2v) is 12.3. The predicted octanol–water partition coefficient (Wildman–Crippen LogP) is 6.59. The second-order valence-electron chi connectivity index (χ2n) is 12.3. The highest BCUT2D eigenvalue weighted by Gasteiger charge is 2.44. The van der Waals surface area contributed by atoms with Crippen molar-refractivity contribution in [3.63, 3.8) is 0 Å². The summed E-state index contributed by atoms with van der Waals surface area (Å²) in [5, 5.41) is 0. The molecule has 5 atom stereocenters. The molecule has 2 saturated carbocycles. The molecule has 1 heterocycles. The number of carbonyl (C=O) groups excluding carboxylic acids is 2. The Bertz CT molecular complexity index is 634. The van der Waals surface area contributed by atoms with Gasteiger partial charge in [0.2, 0.25) is 0 Å². The van der Waals surface area contributed by atoms with E-state index < -0.39 is 11.6 Å². The van der Waals surface area contributed by atoms with Gasteiger partial charge in [-0.1, -0.05) is 59.3 Å². The lowest BCUT2D eigenvalue weighted by Gasteiger charge is -2.37. The average Bonchev–Trinajstić information content (AvgIpc) is 3.11. The fraction of sp³-hybridized carbons (Fsp3) is 0.926. The lowest BCUT2D eigenvalue weighted by Crippen LogP contribution is -2.46. The minimum atomic E-state index is -0.575. The highest BCUT2D eigenvalue weighted by molar-refractivity contribution is 5.82. The average molecular weight is 450 g/mol. The van der Waals surface area contributed by atoms with E-state index >= 15 is 0 Å². The van der Waals surface area contributed by atoms with Crippen molar-refractivity contribution in [3.05, 3.63) is 0 Å². The molecule has 0 spiro atoms. The van der Waals surface area contributed by atoms with Crippen molar-refractivity contribution >= 4 is 12.1 Å². The van der Waals surface area contributed by atoms with Crippen LogP contribution in [0.3, 0.4) is 0 Å². The van der Waals surface area contributed by atoms with Crippen LogP contribution in [0.4, 0.5) is 4.79 Å². The predicted molar refractivity (Wildman–Crippen MR) is 127 cm³/mol. The van der Waals surface area contributed by atoms with Gasteiger partial charge in [-0.2, -0.15) is 0 Å². The van der Waals surface area contributed by atoms with Crippen LogP contribution in [0.25, 0.3) is 0 Å². The Morgan fingerprint density at radius 1 is 0.969 bits per heavy atom. The van der Waals surface area contributed by atoms with Crippen molar-refractivity contribution in [1.82, 2.24) is 4.90 Å². The molecule has 5 unspecified atom stereocenters. The summed E-state index contributed by atoms with van der Waals surface area (Å²) in [7, 11) is 0. The first-order valence-electron chi connectivity index (χ1n) is 13.2. The standard InChI is InChI=1S/C27H47NO4/c1-18(2)22-13-12-19(3)14-24(22)31-25(29)23-16-21(15-20-10-8-7-9-11-20)17-28(23)26(30)32-27(4,5)6/h18-24H,7-17H2,1-6H3. The van der Waals surface area contributed by atoms with Gasteiger partial charge in [0.15, 0.2) is 0 Å². The highest BCUT2D eigenvalue weighted by Crippen LogP contribution is 2.38.